The smallest absolute Gasteiger partial charge is 0.344 e. The summed E-state index contributed by atoms with van der Waals surface area (Å²) in [5.41, 5.74) is 2.46. The fourth-order valence-corrected chi connectivity index (χ4v) is 2.31. The number of hydrogen-bond donors (Lipinski definition) is 0. The summed E-state index contributed by atoms with van der Waals surface area (Å²) in [6, 6.07) is 14.2. The number of rotatable bonds is 2. The van der Waals surface area contributed by atoms with Gasteiger partial charge in [0.25, 0.3) is 0 Å². The predicted octanol–water partition coefficient (Wildman–Crippen LogP) is 3.69. The largest absolute Gasteiger partial charge is 0.427 e. The highest BCUT2D eigenvalue weighted by atomic mass is 16.5. The summed E-state index contributed by atoms with van der Waals surface area (Å²) in [6.07, 6.45) is 0. The van der Waals surface area contributed by atoms with E-state index in [9.17, 15) is 9.59 Å². The summed E-state index contributed by atoms with van der Waals surface area (Å²) in [6.45, 7) is 3.33. The van der Waals surface area contributed by atoms with Gasteiger partial charge in [-0.15, -0.1) is 0 Å². The number of hydrogen-bond acceptors (Lipinski definition) is 4. The Morgan fingerprint density at radius 3 is 2.45 bits per heavy atom. The van der Waals surface area contributed by atoms with Crippen LogP contribution >= 0.6 is 0 Å². The lowest BCUT2D eigenvalue weighted by atomic mass is 10.1. The van der Waals surface area contributed by atoms with E-state index in [0.717, 1.165) is 10.9 Å². The van der Waals surface area contributed by atoms with Gasteiger partial charge in [0.05, 0.1) is 5.56 Å². The van der Waals surface area contributed by atoms with Gasteiger partial charge in [-0.3, -0.25) is 4.79 Å². The monoisotopic (exact) mass is 294 g/mol. The van der Waals surface area contributed by atoms with Crippen molar-refractivity contribution in [3.05, 3.63) is 64.5 Å². The third kappa shape index (κ3) is 2.76. The molecular formula is C18H14O4. The van der Waals surface area contributed by atoms with E-state index in [2.05, 4.69) is 0 Å². The number of ether oxygens (including phenoxy) is 1. The fraction of sp³-hybridized carbons (Fsp3) is 0.111. The third-order valence-electron chi connectivity index (χ3n) is 3.31. The molecule has 0 spiro atoms. The zero-order chi connectivity index (χ0) is 15.7. The van der Waals surface area contributed by atoms with Crippen molar-refractivity contribution in [1.29, 1.82) is 0 Å². The first-order valence-electron chi connectivity index (χ1n) is 6.86. The molecule has 2 aromatic carbocycles. The third-order valence-corrected chi connectivity index (χ3v) is 3.31. The molecule has 0 saturated heterocycles. The molecule has 0 saturated carbocycles. The molecule has 0 bridgehead atoms. The van der Waals surface area contributed by atoms with Gasteiger partial charge in [0.1, 0.15) is 11.3 Å². The molecule has 4 heteroatoms. The Kier molecular flexibility index (Phi) is 3.51. The van der Waals surface area contributed by atoms with Gasteiger partial charge in [0.2, 0.25) is 0 Å². The molecule has 0 unspecified atom stereocenters. The molecule has 0 N–H and O–H groups in total. The van der Waals surface area contributed by atoms with Gasteiger partial charge >= 0.3 is 11.6 Å². The second-order valence-electron chi connectivity index (χ2n) is 5.11. The number of fused-ring (bicyclic) bond motifs is 1. The van der Waals surface area contributed by atoms with Crippen LogP contribution < -0.4 is 10.4 Å². The molecule has 0 fully saturated rings. The Morgan fingerprint density at radius 2 is 1.77 bits per heavy atom. The van der Waals surface area contributed by atoms with E-state index in [0.29, 0.717) is 22.5 Å². The van der Waals surface area contributed by atoms with Crippen LogP contribution in [0.3, 0.4) is 0 Å². The van der Waals surface area contributed by atoms with Gasteiger partial charge in [-0.2, -0.15) is 0 Å². The molecule has 22 heavy (non-hydrogen) atoms. The highest BCUT2D eigenvalue weighted by molar-refractivity contribution is 5.82. The number of carbonyl (C=O) groups is 1. The van der Waals surface area contributed by atoms with Crippen molar-refractivity contribution < 1.29 is 13.9 Å². The second kappa shape index (κ2) is 5.48. The molecule has 0 aliphatic heterocycles. The summed E-state index contributed by atoms with van der Waals surface area (Å²) in [4.78, 5) is 23.0. The lowest BCUT2D eigenvalue weighted by molar-refractivity contribution is -0.131. The van der Waals surface area contributed by atoms with Crippen molar-refractivity contribution in [2.45, 2.75) is 13.8 Å². The van der Waals surface area contributed by atoms with Crippen LogP contribution in [0.1, 0.15) is 12.5 Å². The van der Waals surface area contributed by atoms with E-state index in [4.69, 9.17) is 9.15 Å². The van der Waals surface area contributed by atoms with Crippen molar-refractivity contribution in [3.8, 4) is 16.9 Å². The van der Waals surface area contributed by atoms with Gasteiger partial charge in [0.15, 0.2) is 0 Å². The van der Waals surface area contributed by atoms with Crippen LogP contribution in [0, 0.1) is 6.92 Å². The SMILES string of the molecule is CC(=O)Oc1ccc(-c2cc3cc(C)ccc3oc2=O)cc1. The Labute approximate surface area is 127 Å². The first-order valence-corrected chi connectivity index (χ1v) is 6.86. The minimum atomic E-state index is -0.392. The first kappa shape index (κ1) is 14.1. The van der Waals surface area contributed by atoms with E-state index in [1.54, 1.807) is 30.3 Å². The minimum absolute atomic E-state index is 0.381. The van der Waals surface area contributed by atoms with Crippen molar-refractivity contribution >= 4 is 16.9 Å². The zero-order valence-corrected chi connectivity index (χ0v) is 12.3. The molecule has 1 heterocycles. The minimum Gasteiger partial charge on any atom is -0.427 e. The fourth-order valence-electron chi connectivity index (χ4n) is 2.31. The molecule has 0 amide bonds. The maximum absolute atomic E-state index is 12.1. The van der Waals surface area contributed by atoms with Gasteiger partial charge in [0, 0.05) is 12.3 Å². The average Bonchev–Trinajstić information content (AvgIpc) is 2.47. The second-order valence-corrected chi connectivity index (χ2v) is 5.11. The Morgan fingerprint density at radius 1 is 1.05 bits per heavy atom. The van der Waals surface area contributed by atoms with Crippen LogP contribution in [0.4, 0.5) is 0 Å². The lowest BCUT2D eigenvalue weighted by Gasteiger charge is -2.05. The maximum atomic E-state index is 12.1. The number of carbonyl (C=O) groups excluding carboxylic acids is 1. The Hall–Kier alpha value is -2.88. The molecule has 3 rings (SSSR count). The average molecular weight is 294 g/mol. The van der Waals surface area contributed by atoms with Crippen LogP contribution in [0.15, 0.2) is 57.7 Å². The van der Waals surface area contributed by atoms with Crippen molar-refractivity contribution in [2.24, 2.45) is 0 Å². The van der Waals surface area contributed by atoms with Gasteiger partial charge in [-0.05, 0) is 42.8 Å². The summed E-state index contributed by atoms with van der Waals surface area (Å²) < 4.78 is 10.3. The van der Waals surface area contributed by atoms with Gasteiger partial charge < -0.3 is 9.15 Å². The Bertz CT molecular complexity index is 905. The standard InChI is InChI=1S/C18H14O4/c1-11-3-8-17-14(9-11)10-16(18(20)22-17)13-4-6-15(7-5-13)21-12(2)19/h3-10H,1-2H3. The van der Waals surface area contributed by atoms with E-state index < -0.39 is 5.63 Å². The summed E-state index contributed by atoms with van der Waals surface area (Å²) in [7, 11) is 0. The first-order chi connectivity index (χ1) is 10.5. The summed E-state index contributed by atoms with van der Waals surface area (Å²) in [5.74, 6) is 0.0608. The van der Waals surface area contributed by atoms with Crippen LogP contribution in [0.2, 0.25) is 0 Å². The number of benzene rings is 2. The van der Waals surface area contributed by atoms with Crippen LogP contribution in [0.5, 0.6) is 5.75 Å². The van der Waals surface area contributed by atoms with Gasteiger partial charge in [-0.25, -0.2) is 4.79 Å². The van der Waals surface area contributed by atoms with Crippen LogP contribution in [-0.4, -0.2) is 5.97 Å². The Balaban J connectivity index is 2.07. The molecule has 4 nitrogen and oxygen atoms in total. The highest BCUT2D eigenvalue weighted by Gasteiger charge is 2.08. The highest BCUT2D eigenvalue weighted by Crippen LogP contribution is 2.24. The maximum Gasteiger partial charge on any atom is 0.344 e. The van der Waals surface area contributed by atoms with Crippen LogP contribution in [-0.2, 0) is 4.79 Å². The van der Waals surface area contributed by atoms with Crippen molar-refractivity contribution in [3.63, 3.8) is 0 Å². The molecule has 110 valence electrons. The van der Waals surface area contributed by atoms with E-state index >= 15 is 0 Å². The van der Waals surface area contributed by atoms with E-state index in [1.807, 2.05) is 25.1 Å². The molecule has 3 aromatic rings. The van der Waals surface area contributed by atoms with E-state index in [1.165, 1.54) is 6.92 Å². The normalized spacial score (nSPS) is 10.6. The van der Waals surface area contributed by atoms with Crippen molar-refractivity contribution in [2.75, 3.05) is 0 Å². The van der Waals surface area contributed by atoms with Gasteiger partial charge in [-0.1, -0.05) is 23.8 Å². The number of aryl methyl sites for hydroxylation is 1. The molecule has 0 aliphatic rings. The lowest BCUT2D eigenvalue weighted by Crippen LogP contribution is -2.03. The number of esters is 1. The molecule has 0 aliphatic carbocycles. The topological polar surface area (TPSA) is 56.5 Å². The van der Waals surface area contributed by atoms with E-state index in [-0.39, 0.29) is 5.97 Å². The summed E-state index contributed by atoms with van der Waals surface area (Å²) in [5, 5.41) is 0.874. The molecule has 0 atom stereocenters. The van der Waals surface area contributed by atoms with Crippen LogP contribution in [0.25, 0.3) is 22.1 Å². The molecular weight excluding hydrogens is 280 g/mol. The summed E-state index contributed by atoms with van der Waals surface area (Å²) >= 11 is 0. The predicted molar refractivity (Wildman–Crippen MR) is 84.0 cm³/mol. The quantitative estimate of drug-likeness (QED) is 0.411. The van der Waals surface area contributed by atoms with Crippen molar-refractivity contribution in [1.82, 2.24) is 0 Å². The zero-order valence-electron chi connectivity index (χ0n) is 12.3. The molecule has 1 aromatic heterocycles. The molecule has 0 radical (unpaired) electrons.